The minimum Gasteiger partial charge on any atom is -0.397 e. The van der Waals surface area contributed by atoms with Crippen molar-refractivity contribution in [3.8, 4) is 0 Å². The molecule has 0 aromatic heterocycles. The van der Waals surface area contributed by atoms with Gasteiger partial charge in [0.05, 0.1) is 12.2 Å². The van der Waals surface area contributed by atoms with E-state index in [0.717, 1.165) is 38.2 Å². The molecule has 1 heterocycles. The van der Waals surface area contributed by atoms with Gasteiger partial charge in [0, 0.05) is 20.1 Å². The molecule has 1 aromatic carbocycles. The molecule has 0 amide bonds. The molecule has 0 spiro atoms. The standard InChI is InChI=1S/C10H11I2N3/c11-7-3-6(4-8(12)10(7)13)5-9-14-1-2-15-9/h3-4H,1-2,5,13H2,(H,14,15). The van der Waals surface area contributed by atoms with Crippen LogP contribution in [0.2, 0.25) is 0 Å². The number of nitrogens with two attached hydrogens (primary N) is 1. The number of hydrogen-bond donors (Lipinski definition) is 2. The van der Waals surface area contributed by atoms with Crippen molar-refractivity contribution in [1.29, 1.82) is 0 Å². The van der Waals surface area contributed by atoms with Gasteiger partial charge in [-0.05, 0) is 62.9 Å². The van der Waals surface area contributed by atoms with E-state index in [1.807, 2.05) is 0 Å². The Labute approximate surface area is 116 Å². The van der Waals surface area contributed by atoms with Crippen molar-refractivity contribution in [1.82, 2.24) is 5.32 Å². The highest BCUT2D eigenvalue weighted by molar-refractivity contribution is 14.1. The number of nitrogen functional groups attached to an aromatic ring is 1. The van der Waals surface area contributed by atoms with Gasteiger partial charge >= 0.3 is 0 Å². The number of nitrogens with zero attached hydrogens (tertiary/aromatic N) is 1. The molecule has 5 heteroatoms. The number of hydrogen-bond acceptors (Lipinski definition) is 3. The first kappa shape index (κ1) is 11.4. The Balaban J connectivity index is 2.22. The summed E-state index contributed by atoms with van der Waals surface area (Å²) < 4.78 is 2.24. The minimum absolute atomic E-state index is 0.876. The molecule has 0 unspecified atom stereocenters. The Bertz CT molecular complexity index is 392. The second-order valence-electron chi connectivity index (χ2n) is 3.41. The van der Waals surface area contributed by atoms with Crippen LogP contribution in [0.5, 0.6) is 0 Å². The highest BCUT2D eigenvalue weighted by Gasteiger charge is 2.09. The van der Waals surface area contributed by atoms with Crippen molar-refractivity contribution < 1.29 is 0 Å². The van der Waals surface area contributed by atoms with Gasteiger partial charge in [-0.2, -0.15) is 0 Å². The Morgan fingerprint density at radius 2 is 2.00 bits per heavy atom. The first-order valence-electron chi connectivity index (χ1n) is 4.67. The summed E-state index contributed by atoms with van der Waals surface area (Å²) in [5, 5.41) is 3.27. The monoisotopic (exact) mass is 427 g/mol. The van der Waals surface area contributed by atoms with Crippen molar-refractivity contribution in [3.63, 3.8) is 0 Å². The minimum atomic E-state index is 0.876. The first-order valence-corrected chi connectivity index (χ1v) is 6.83. The van der Waals surface area contributed by atoms with E-state index in [4.69, 9.17) is 5.73 Å². The molecule has 80 valence electrons. The van der Waals surface area contributed by atoms with Crippen LogP contribution in [0, 0.1) is 7.14 Å². The summed E-state index contributed by atoms with van der Waals surface area (Å²) in [5.41, 5.74) is 8.04. The zero-order valence-corrected chi connectivity index (χ0v) is 12.4. The van der Waals surface area contributed by atoms with Crippen LogP contribution in [0.3, 0.4) is 0 Å². The average Bonchev–Trinajstić information content (AvgIpc) is 2.66. The smallest absolute Gasteiger partial charge is 0.101 e. The van der Waals surface area contributed by atoms with Gasteiger partial charge in [-0.25, -0.2) is 0 Å². The van der Waals surface area contributed by atoms with E-state index in [1.54, 1.807) is 0 Å². The van der Waals surface area contributed by atoms with E-state index in [9.17, 15) is 0 Å². The van der Waals surface area contributed by atoms with Gasteiger partial charge in [-0.1, -0.05) is 0 Å². The Morgan fingerprint density at radius 1 is 1.33 bits per heavy atom. The number of aliphatic imine (C=N–C) groups is 1. The van der Waals surface area contributed by atoms with Crippen LogP contribution >= 0.6 is 45.2 Å². The summed E-state index contributed by atoms with van der Waals surface area (Å²) in [7, 11) is 0. The van der Waals surface area contributed by atoms with E-state index in [0.29, 0.717) is 0 Å². The molecule has 15 heavy (non-hydrogen) atoms. The first-order chi connectivity index (χ1) is 7.16. The molecule has 1 aromatic rings. The largest absolute Gasteiger partial charge is 0.397 e. The molecule has 0 saturated carbocycles. The molecule has 1 aliphatic rings. The summed E-state index contributed by atoms with van der Waals surface area (Å²) in [4.78, 5) is 4.38. The van der Waals surface area contributed by atoms with Crippen molar-refractivity contribution >= 4 is 56.7 Å². The zero-order chi connectivity index (χ0) is 10.8. The van der Waals surface area contributed by atoms with Crippen LogP contribution in [-0.4, -0.2) is 18.9 Å². The number of nitrogens with one attached hydrogen (secondary N) is 1. The highest BCUT2D eigenvalue weighted by atomic mass is 127. The Kier molecular flexibility index (Phi) is 3.70. The zero-order valence-electron chi connectivity index (χ0n) is 8.06. The second kappa shape index (κ2) is 4.86. The van der Waals surface area contributed by atoms with Crippen LogP contribution in [0.15, 0.2) is 17.1 Å². The van der Waals surface area contributed by atoms with Crippen LogP contribution in [-0.2, 0) is 6.42 Å². The third-order valence-electron chi connectivity index (χ3n) is 2.25. The van der Waals surface area contributed by atoms with E-state index in [-0.39, 0.29) is 0 Å². The third-order valence-corrected chi connectivity index (χ3v) is 4.04. The maximum Gasteiger partial charge on any atom is 0.101 e. The maximum absolute atomic E-state index is 5.90. The molecule has 0 bridgehead atoms. The summed E-state index contributed by atoms with van der Waals surface area (Å²) in [5.74, 6) is 1.09. The van der Waals surface area contributed by atoms with Gasteiger partial charge in [-0.3, -0.25) is 4.99 Å². The lowest BCUT2D eigenvalue weighted by molar-refractivity contribution is 0.953. The lowest BCUT2D eigenvalue weighted by Gasteiger charge is -2.07. The van der Waals surface area contributed by atoms with Gasteiger partial charge in [0.25, 0.3) is 0 Å². The lowest BCUT2D eigenvalue weighted by Crippen LogP contribution is -2.20. The molecule has 0 saturated heterocycles. The molecular formula is C10H11I2N3. The summed E-state index contributed by atoms with van der Waals surface area (Å²) >= 11 is 4.54. The average molecular weight is 427 g/mol. The number of halogens is 2. The normalized spacial score (nSPS) is 14.9. The second-order valence-corrected chi connectivity index (χ2v) is 5.73. The van der Waals surface area contributed by atoms with Gasteiger partial charge in [0.2, 0.25) is 0 Å². The number of anilines is 1. The van der Waals surface area contributed by atoms with Crippen LogP contribution in [0.1, 0.15) is 5.56 Å². The third kappa shape index (κ3) is 2.74. The molecule has 0 aliphatic carbocycles. The molecular weight excluding hydrogens is 416 g/mol. The van der Waals surface area contributed by atoms with Crippen LogP contribution < -0.4 is 11.1 Å². The van der Waals surface area contributed by atoms with E-state index < -0.39 is 0 Å². The SMILES string of the molecule is Nc1c(I)cc(CC2=NCCN2)cc1I. The predicted molar refractivity (Wildman–Crippen MR) is 80.3 cm³/mol. The van der Waals surface area contributed by atoms with E-state index in [2.05, 4.69) is 67.6 Å². The lowest BCUT2D eigenvalue weighted by atomic mass is 10.1. The van der Waals surface area contributed by atoms with Crippen molar-refractivity contribution in [3.05, 3.63) is 24.8 Å². The fraction of sp³-hybridized carbons (Fsp3) is 0.300. The van der Waals surface area contributed by atoms with Gasteiger partial charge in [0.15, 0.2) is 0 Å². The van der Waals surface area contributed by atoms with Gasteiger partial charge in [0.1, 0.15) is 5.84 Å². The molecule has 0 atom stereocenters. The van der Waals surface area contributed by atoms with Gasteiger partial charge < -0.3 is 11.1 Å². The van der Waals surface area contributed by atoms with E-state index >= 15 is 0 Å². The number of benzene rings is 1. The molecule has 0 fully saturated rings. The molecule has 2 rings (SSSR count). The molecule has 3 nitrogen and oxygen atoms in total. The Morgan fingerprint density at radius 3 is 2.53 bits per heavy atom. The van der Waals surface area contributed by atoms with Crippen molar-refractivity contribution in [2.24, 2.45) is 4.99 Å². The van der Waals surface area contributed by atoms with Gasteiger partial charge in [-0.15, -0.1) is 0 Å². The maximum atomic E-state index is 5.90. The fourth-order valence-electron chi connectivity index (χ4n) is 1.50. The van der Waals surface area contributed by atoms with Crippen molar-refractivity contribution in [2.45, 2.75) is 6.42 Å². The predicted octanol–water partition coefficient (Wildman–Crippen LogP) is 2.02. The highest BCUT2D eigenvalue weighted by Crippen LogP contribution is 2.23. The fourth-order valence-corrected chi connectivity index (χ4v) is 3.39. The van der Waals surface area contributed by atoms with E-state index in [1.165, 1.54) is 5.56 Å². The number of amidine groups is 1. The summed E-state index contributed by atoms with van der Waals surface area (Å²) in [6.07, 6.45) is 0.881. The summed E-state index contributed by atoms with van der Waals surface area (Å²) in [6.45, 7) is 1.87. The molecule has 1 aliphatic heterocycles. The summed E-state index contributed by atoms with van der Waals surface area (Å²) in [6, 6.07) is 4.25. The topological polar surface area (TPSA) is 50.4 Å². The molecule has 3 N–H and O–H groups in total. The Hall–Kier alpha value is -0.0500. The quantitative estimate of drug-likeness (QED) is 0.561. The van der Waals surface area contributed by atoms with Crippen LogP contribution in [0.4, 0.5) is 5.69 Å². The molecule has 0 radical (unpaired) electrons. The number of rotatable bonds is 2. The van der Waals surface area contributed by atoms with Crippen molar-refractivity contribution in [2.75, 3.05) is 18.8 Å². The van der Waals surface area contributed by atoms with Crippen LogP contribution in [0.25, 0.3) is 0 Å².